The van der Waals surface area contributed by atoms with E-state index in [0.29, 0.717) is 23.1 Å². The van der Waals surface area contributed by atoms with Gasteiger partial charge in [0.25, 0.3) is 0 Å². The second-order valence-electron chi connectivity index (χ2n) is 4.28. The highest BCUT2D eigenvalue weighted by Crippen LogP contribution is 2.18. The second kappa shape index (κ2) is 6.80. The lowest BCUT2D eigenvalue weighted by molar-refractivity contribution is -0.136. The molecule has 0 aliphatic carbocycles. The van der Waals surface area contributed by atoms with Crippen molar-refractivity contribution in [1.29, 1.82) is 0 Å². The van der Waals surface area contributed by atoms with Crippen molar-refractivity contribution in [3.05, 3.63) is 35.7 Å². The number of aliphatic carboxylic acids is 1. The summed E-state index contributed by atoms with van der Waals surface area (Å²) in [6.45, 7) is 1.74. The summed E-state index contributed by atoms with van der Waals surface area (Å²) < 4.78 is 3.97. The van der Waals surface area contributed by atoms with Gasteiger partial charge in [-0.05, 0) is 25.0 Å². The standard InChI is InChI=1S/C13H14N4O3S/c1-8-14-13(21-17-8)16-12(20)15-10-5-3-2-4-9(10)6-7-11(18)19/h2-5H,6-7H2,1H3,(H,18,19)(H2,14,15,16,17,20). The third-order valence-electron chi connectivity index (χ3n) is 2.62. The van der Waals surface area contributed by atoms with Crippen LogP contribution in [0, 0.1) is 6.92 Å². The molecule has 0 radical (unpaired) electrons. The van der Waals surface area contributed by atoms with Crippen molar-refractivity contribution in [3.63, 3.8) is 0 Å². The lowest BCUT2D eigenvalue weighted by Crippen LogP contribution is -2.20. The number of para-hydroxylation sites is 1. The molecule has 21 heavy (non-hydrogen) atoms. The van der Waals surface area contributed by atoms with E-state index >= 15 is 0 Å². The van der Waals surface area contributed by atoms with Crippen LogP contribution >= 0.6 is 11.5 Å². The summed E-state index contributed by atoms with van der Waals surface area (Å²) in [6.07, 6.45) is 0.361. The quantitative estimate of drug-likeness (QED) is 0.787. The molecular weight excluding hydrogens is 292 g/mol. The maximum Gasteiger partial charge on any atom is 0.325 e. The number of rotatable bonds is 5. The number of anilines is 2. The number of aryl methyl sites for hydroxylation is 2. The van der Waals surface area contributed by atoms with E-state index in [1.807, 2.05) is 0 Å². The molecule has 0 saturated heterocycles. The molecule has 1 aromatic heterocycles. The number of hydrogen-bond donors (Lipinski definition) is 3. The molecule has 8 heteroatoms. The van der Waals surface area contributed by atoms with Crippen molar-refractivity contribution in [3.8, 4) is 0 Å². The number of benzene rings is 1. The third kappa shape index (κ3) is 4.53. The largest absolute Gasteiger partial charge is 0.481 e. The fraction of sp³-hybridized carbons (Fsp3) is 0.231. The molecule has 3 N–H and O–H groups in total. The maximum absolute atomic E-state index is 11.9. The van der Waals surface area contributed by atoms with Gasteiger partial charge in [0.05, 0.1) is 0 Å². The van der Waals surface area contributed by atoms with Crippen LogP contribution in [0.1, 0.15) is 17.8 Å². The van der Waals surface area contributed by atoms with Gasteiger partial charge in [0.15, 0.2) is 0 Å². The van der Waals surface area contributed by atoms with Crippen molar-refractivity contribution in [2.75, 3.05) is 10.6 Å². The SMILES string of the molecule is Cc1nsc(NC(=O)Nc2ccccc2CCC(=O)O)n1. The molecule has 110 valence electrons. The van der Waals surface area contributed by atoms with Crippen LogP contribution in [0.15, 0.2) is 24.3 Å². The summed E-state index contributed by atoms with van der Waals surface area (Å²) in [4.78, 5) is 26.5. The van der Waals surface area contributed by atoms with E-state index < -0.39 is 12.0 Å². The van der Waals surface area contributed by atoms with Gasteiger partial charge in [0.2, 0.25) is 5.13 Å². The Morgan fingerprint density at radius 1 is 1.29 bits per heavy atom. The number of carbonyl (C=O) groups excluding carboxylic acids is 1. The highest BCUT2D eigenvalue weighted by atomic mass is 32.1. The molecule has 0 aliphatic heterocycles. The summed E-state index contributed by atoms with van der Waals surface area (Å²) >= 11 is 1.10. The van der Waals surface area contributed by atoms with Gasteiger partial charge in [-0.2, -0.15) is 4.37 Å². The molecule has 2 amide bonds. The minimum absolute atomic E-state index is 0.00983. The van der Waals surface area contributed by atoms with E-state index in [4.69, 9.17) is 5.11 Å². The molecule has 0 saturated carbocycles. The highest BCUT2D eigenvalue weighted by Gasteiger charge is 2.09. The fourth-order valence-electron chi connectivity index (χ4n) is 1.70. The molecule has 0 unspecified atom stereocenters. The number of nitrogens with one attached hydrogen (secondary N) is 2. The Morgan fingerprint density at radius 2 is 2.05 bits per heavy atom. The van der Waals surface area contributed by atoms with Crippen molar-refractivity contribution in [2.24, 2.45) is 0 Å². The molecule has 0 aliphatic rings. The molecule has 2 rings (SSSR count). The maximum atomic E-state index is 11.9. The monoisotopic (exact) mass is 306 g/mol. The first-order valence-electron chi connectivity index (χ1n) is 6.22. The number of nitrogens with zero attached hydrogens (tertiary/aromatic N) is 2. The summed E-state index contributed by atoms with van der Waals surface area (Å²) in [5.41, 5.74) is 1.35. The van der Waals surface area contributed by atoms with Crippen LogP contribution < -0.4 is 10.6 Å². The van der Waals surface area contributed by atoms with Gasteiger partial charge < -0.3 is 10.4 Å². The molecule has 2 aromatic rings. The van der Waals surface area contributed by atoms with Crippen LogP contribution in [-0.2, 0) is 11.2 Å². The average molecular weight is 306 g/mol. The Hall–Kier alpha value is -2.48. The zero-order valence-corrected chi connectivity index (χ0v) is 12.1. The first-order chi connectivity index (χ1) is 10.0. The Labute approximate surface area is 125 Å². The summed E-state index contributed by atoms with van der Waals surface area (Å²) in [7, 11) is 0. The van der Waals surface area contributed by atoms with Crippen molar-refractivity contribution in [1.82, 2.24) is 9.36 Å². The molecule has 7 nitrogen and oxygen atoms in total. The first kappa shape index (κ1) is 14.9. The predicted molar refractivity (Wildman–Crippen MR) is 79.7 cm³/mol. The molecule has 0 atom stereocenters. The Bertz CT molecular complexity index is 656. The first-order valence-corrected chi connectivity index (χ1v) is 7.00. The lowest BCUT2D eigenvalue weighted by Gasteiger charge is -2.10. The molecule has 0 bridgehead atoms. The summed E-state index contributed by atoms with van der Waals surface area (Å²) in [6, 6.07) is 6.65. The van der Waals surface area contributed by atoms with Gasteiger partial charge in [-0.3, -0.25) is 10.1 Å². The molecule has 0 fully saturated rings. The van der Waals surface area contributed by atoms with E-state index in [9.17, 15) is 9.59 Å². The van der Waals surface area contributed by atoms with Gasteiger partial charge in [-0.25, -0.2) is 9.78 Å². The van der Waals surface area contributed by atoms with Crippen LogP contribution in [0.5, 0.6) is 0 Å². The van der Waals surface area contributed by atoms with E-state index in [1.54, 1.807) is 31.2 Å². The summed E-state index contributed by atoms with van der Waals surface area (Å²) in [5.74, 6) is -0.282. The number of amides is 2. The van der Waals surface area contributed by atoms with Crippen molar-refractivity contribution in [2.45, 2.75) is 19.8 Å². The number of carboxylic acid groups (broad SMARTS) is 1. The van der Waals surface area contributed by atoms with E-state index in [1.165, 1.54) is 0 Å². The third-order valence-corrected chi connectivity index (χ3v) is 3.34. The van der Waals surface area contributed by atoms with Gasteiger partial charge in [-0.1, -0.05) is 18.2 Å². The minimum Gasteiger partial charge on any atom is -0.481 e. The number of aromatic nitrogens is 2. The topological polar surface area (TPSA) is 104 Å². The van der Waals surface area contributed by atoms with Gasteiger partial charge in [-0.15, -0.1) is 0 Å². The van der Waals surface area contributed by atoms with Gasteiger partial charge in [0, 0.05) is 23.6 Å². The van der Waals surface area contributed by atoms with Crippen molar-refractivity contribution < 1.29 is 14.7 Å². The second-order valence-corrected chi connectivity index (χ2v) is 5.03. The van der Waals surface area contributed by atoms with Crippen molar-refractivity contribution >= 4 is 34.4 Å². The number of carbonyl (C=O) groups is 2. The van der Waals surface area contributed by atoms with E-state index in [0.717, 1.165) is 17.1 Å². The Morgan fingerprint density at radius 3 is 2.71 bits per heavy atom. The highest BCUT2D eigenvalue weighted by molar-refractivity contribution is 7.09. The molecule has 0 spiro atoms. The molecular formula is C13H14N4O3S. The van der Waals surface area contributed by atoms with Crippen LogP contribution in [0.25, 0.3) is 0 Å². The number of carboxylic acids is 1. The Balaban J connectivity index is 2.01. The number of hydrogen-bond acceptors (Lipinski definition) is 5. The van der Waals surface area contributed by atoms with Crippen LogP contribution in [0.3, 0.4) is 0 Å². The molecule has 1 heterocycles. The van der Waals surface area contributed by atoms with Gasteiger partial charge >= 0.3 is 12.0 Å². The smallest absolute Gasteiger partial charge is 0.325 e. The zero-order valence-electron chi connectivity index (χ0n) is 11.3. The van der Waals surface area contributed by atoms with Gasteiger partial charge in [0.1, 0.15) is 5.82 Å². The zero-order chi connectivity index (χ0) is 15.2. The van der Waals surface area contributed by atoms with E-state index in [-0.39, 0.29) is 6.42 Å². The van der Waals surface area contributed by atoms with Crippen LogP contribution in [0.4, 0.5) is 15.6 Å². The average Bonchev–Trinajstić information content (AvgIpc) is 2.83. The lowest BCUT2D eigenvalue weighted by atomic mass is 10.1. The fourth-order valence-corrected chi connectivity index (χ4v) is 2.27. The molecule has 1 aromatic carbocycles. The summed E-state index contributed by atoms with van der Waals surface area (Å²) in [5, 5.41) is 14.4. The predicted octanol–water partition coefficient (Wildman–Crippen LogP) is 2.51. The van der Waals surface area contributed by atoms with E-state index in [2.05, 4.69) is 20.0 Å². The minimum atomic E-state index is -0.876. The van der Waals surface area contributed by atoms with Crippen LogP contribution in [-0.4, -0.2) is 26.5 Å². The normalized spacial score (nSPS) is 10.1. The Kier molecular flexibility index (Phi) is 4.83. The number of urea groups is 1. The van der Waals surface area contributed by atoms with Crippen LogP contribution in [0.2, 0.25) is 0 Å².